The van der Waals surface area contributed by atoms with Gasteiger partial charge in [-0.1, -0.05) is 20.3 Å². The van der Waals surface area contributed by atoms with Crippen LogP contribution in [0, 0.1) is 0 Å². The summed E-state index contributed by atoms with van der Waals surface area (Å²) in [6.45, 7) is 4.17. The molecular weight excluding hydrogens is 156 g/mol. The molecule has 1 heterocycles. The summed E-state index contributed by atoms with van der Waals surface area (Å²) >= 11 is 0. The Morgan fingerprint density at radius 3 is 2.75 bits per heavy atom. The lowest BCUT2D eigenvalue weighted by Gasteiger charge is -2.06. The molecule has 1 atom stereocenters. The Balaban J connectivity index is 2.72. The van der Waals surface area contributed by atoms with E-state index in [-0.39, 0.29) is 5.92 Å². The highest BCUT2D eigenvalue weighted by molar-refractivity contribution is 4.86. The van der Waals surface area contributed by atoms with E-state index in [0.29, 0.717) is 5.89 Å². The van der Waals surface area contributed by atoms with Crippen LogP contribution in [0.2, 0.25) is 0 Å². The van der Waals surface area contributed by atoms with Gasteiger partial charge in [0.1, 0.15) is 0 Å². The van der Waals surface area contributed by atoms with Crippen molar-refractivity contribution in [3.63, 3.8) is 0 Å². The standard InChI is InChI=1S/C8H14N2O2/c1-3-5-6(4-2)7-9-10-8(11)12-7/h6H,3-5H2,1-2H3,(H,10,11). The first-order valence-corrected chi connectivity index (χ1v) is 4.33. The molecule has 68 valence electrons. The van der Waals surface area contributed by atoms with Gasteiger partial charge in [-0.2, -0.15) is 0 Å². The molecule has 0 aliphatic carbocycles. The largest absolute Gasteiger partial charge is 0.434 e. The first-order valence-electron chi connectivity index (χ1n) is 4.33. The van der Waals surface area contributed by atoms with Gasteiger partial charge in [0, 0.05) is 5.92 Å². The molecule has 12 heavy (non-hydrogen) atoms. The van der Waals surface area contributed by atoms with Crippen LogP contribution >= 0.6 is 0 Å². The van der Waals surface area contributed by atoms with Gasteiger partial charge in [-0.25, -0.2) is 9.89 Å². The summed E-state index contributed by atoms with van der Waals surface area (Å²) in [7, 11) is 0. The zero-order valence-electron chi connectivity index (χ0n) is 7.46. The van der Waals surface area contributed by atoms with Crippen LogP contribution in [-0.4, -0.2) is 10.2 Å². The van der Waals surface area contributed by atoms with Gasteiger partial charge in [-0.3, -0.25) is 0 Å². The van der Waals surface area contributed by atoms with E-state index in [2.05, 4.69) is 24.0 Å². The summed E-state index contributed by atoms with van der Waals surface area (Å²) in [5, 5.41) is 6.07. The first-order chi connectivity index (χ1) is 5.77. The second-order valence-corrected chi connectivity index (χ2v) is 2.85. The molecule has 0 spiro atoms. The highest BCUT2D eigenvalue weighted by atomic mass is 16.4. The van der Waals surface area contributed by atoms with E-state index in [0.717, 1.165) is 19.3 Å². The Morgan fingerprint density at radius 1 is 1.58 bits per heavy atom. The van der Waals surface area contributed by atoms with Gasteiger partial charge in [0.25, 0.3) is 0 Å². The molecule has 1 aromatic rings. The van der Waals surface area contributed by atoms with Crippen molar-refractivity contribution in [2.45, 2.75) is 39.0 Å². The fraction of sp³-hybridized carbons (Fsp3) is 0.750. The van der Waals surface area contributed by atoms with Gasteiger partial charge in [0.05, 0.1) is 0 Å². The Bertz CT molecular complexity index is 277. The fourth-order valence-corrected chi connectivity index (χ4v) is 1.27. The zero-order chi connectivity index (χ0) is 8.97. The maximum absolute atomic E-state index is 10.6. The summed E-state index contributed by atoms with van der Waals surface area (Å²) in [5.41, 5.74) is 0. The second kappa shape index (κ2) is 4.09. The number of H-pyrrole nitrogens is 1. The highest BCUT2D eigenvalue weighted by Gasteiger charge is 2.13. The minimum atomic E-state index is -0.459. The third-order valence-corrected chi connectivity index (χ3v) is 1.93. The Hall–Kier alpha value is -1.06. The number of aromatic amines is 1. The van der Waals surface area contributed by atoms with Gasteiger partial charge < -0.3 is 4.42 Å². The molecule has 0 aliphatic rings. The highest BCUT2D eigenvalue weighted by Crippen LogP contribution is 2.20. The van der Waals surface area contributed by atoms with Crippen molar-refractivity contribution in [3.05, 3.63) is 16.4 Å². The molecule has 0 radical (unpaired) electrons. The van der Waals surface area contributed by atoms with Crippen LogP contribution in [0.25, 0.3) is 0 Å². The van der Waals surface area contributed by atoms with E-state index in [4.69, 9.17) is 4.42 Å². The third-order valence-electron chi connectivity index (χ3n) is 1.93. The van der Waals surface area contributed by atoms with Crippen molar-refractivity contribution in [1.29, 1.82) is 0 Å². The lowest BCUT2D eigenvalue weighted by atomic mass is 10.0. The normalized spacial score (nSPS) is 13.2. The summed E-state index contributed by atoms with van der Waals surface area (Å²) in [6, 6.07) is 0. The van der Waals surface area contributed by atoms with Crippen molar-refractivity contribution in [1.82, 2.24) is 10.2 Å². The molecule has 0 amide bonds. The minimum Gasteiger partial charge on any atom is -0.392 e. The molecule has 0 fully saturated rings. The topological polar surface area (TPSA) is 58.9 Å². The van der Waals surface area contributed by atoms with E-state index >= 15 is 0 Å². The van der Waals surface area contributed by atoms with Crippen LogP contribution < -0.4 is 5.76 Å². The monoisotopic (exact) mass is 170 g/mol. The number of rotatable bonds is 4. The molecule has 1 unspecified atom stereocenters. The van der Waals surface area contributed by atoms with Crippen LogP contribution in [-0.2, 0) is 0 Å². The molecule has 4 nitrogen and oxygen atoms in total. The molecule has 1 N–H and O–H groups in total. The summed E-state index contributed by atoms with van der Waals surface area (Å²) in [4.78, 5) is 10.6. The van der Waals surface area contributed by atoms with Crippen molar-refractivity contribution >= 4 is 0 Å². The molecule has 0 aromatic carbocycles. The Labute approximate surface area is 71.0 Å². The summed E-state index contributed by atoms with van der Waals surface area (Å²) in [5.74, 6) is 0.373. The zero-order valence-corrected chi connectivity index (χ0v) is 7.46. The Kier molecular flexibility index (Phi) is 3.08. The predicted octanol–water partition coefficient (Wildman–Crippen LogP) is 1.66. The lowest BCUT2D eigenvalue weighted by Crippen LogP contribution is -1.97. The first kappa shape index (κ1) is 9.03. The molecule has 0 aliphatic heterocycles. The van der Waals surface area contributed by atoms with Crippen LogP contribution in [0.3, 0.4) is 0 Å². The van der Waals surface area contributed by atoms with Crippen molar-refractivity contribution in [2.75, 3.05) is 0 Å². The quantitative estimate of drug-likeness (QED) is 0.747. The smallest absolute Gasteiger partial charge is 0.392 e. The van der Waals surface area contributed by atoms with Gasteiger partial charge in [-0.15, -0.1) is 5.10 Å². The molecule has 1 rings (SSSR count). The lowest BCUT2D eigenvalue weighted by molar-refractivity contribution is 0.402. The summed E-state index contributed by atoms with van der Waals surface area (Å²) < 4.78 is 4.87. The number of hydrogen-bond donors (Lipinski definition) is 1. The van der Waals surface area contributed by atoms with E-state index in [1.807, 2.05) is 0 Å². The van der Waals surface area contributed by atoms with Crippen LogP contribution in [0.15, 0.2) is 9.21 Å². The predicted molar refractivity (Wildman–Crippen MR) is 45.1 cm³/mol. The average molecular weight is 170 g/mol. The SMILES string of the molecule is CCCC(CC)c1n[nH]c(=O)o1. The summed E-state index contributed by atoms with van der Waals surface area (Å²) in [6.07, 6.45) is 3.06. The molecule has 0 saturated carbocycles. The van der Waals surface area contributed by atoms with Crippen LogP contribution in [0.1, 0.15) is 44.9 Å². The van der Waals surface area contributed by atoms with Gasteiger partial charge in [0.15, 0.2) is 0 Å². The fourth-order valence-electron chi connectivity index (χ4n) is 1.27. The second-order valence-electron chi connectivity index (χ2n) is 2.85. The number of nitrogens with zero attached hydrogens (tertiary/aromatic N) is 1. The Morgan fingerprint density at radius 2 is 2.33 bits per heavy atom. The molecule has 0 bridgehead atoms. The van der Waals surface area contributed by atoms with Crippen LogP contribution in [0.5, 0.6) is 0 Å². The van der Waals surface area contributed by atoms with E-state index in [1.165, 1.54) is 0 Å². The van der Waals surface area contributed by atoms with Crippen molar-refractivity contribution < 1.29 is 4.42 Å². The van der Waals surface area contributed by atoms with E-state index in [9.17, 15) is 4.79 Å². The van der Waals surface area contributed by atoms with Gasteiger partial charge in [-0.05, 0) is 12.8 Å². The third kappa shape index (κ3) is 1.96. The van der Waals surface area contributed by atoms with E-state index in [1.54, 1.807) is 0 Å². The maximum atomic E-state index is 10.6. The number of hydrogen-bond acceptors (Lipinski definition) is 3. The molecule has 1 aromatic heterocycles. The molecule has 0 saturated heterocycles. The maximum Gasteiger partial charge on any atom is 0.434 e. The molecule has 4 heteroatoms. The van der Waals surface area contributed by atoms with Crippen LogP contribution in [0.4, 0.5) is 0 Å². The van der Waals surface area contributed by atoms with Crippen molar-refractivity contribution in [3.8, 4) is 0 Å². The molecular formula is C8H14N2O2. The average Bonchev–Trinajstić information content (AvgIpc) is 2.47. The van der Waals surface area contributed by atoms with Gasteiger partial charge >= 0.3 is 5.76 Å². The van der Waals surface area contributed by atoms with Crippen molar-refractivity contribution in [2.24, 2.45) is 0 Å². The number of aromatic nitrogens is 2. The van der Waals surface area contributed by atoms with E-state index < -0.39 is 5.76 Å². The van der Waals surface area contributed by atoms with Gasteiger partial charge in [0.2, 0.25) is 5.89 Å². The minimum absolute atomic E-state index is 0.286. The number of nitrogens with one attached hydrogen (secondary N) is 1.